The highest BCUT2D eigenvalue weighted by Crippen LogP contribution is 2.21. The van der Waals surface area contributed by atoms with Crippen LogP contribution >= 0.6 is 11.6 Å². The molecule has 19 heavy (non-hydrogen) atoms. The van der Waals surface area contributed by atoms with E-state index in [1.165, 1.54) is 6.07 Å². The lowest BCUT2D eigenvalue weighted by atomic mass is 10.1. The first kappa shape index (κ1) is 13.8. The molecule has 0 aliphatic heterocycles. The summed E-state index contributed by atoms with van der Waals surface area (Å²) in [6.45, 7) is 0.921. The Kier molecular flexibility index (Phi) is 4.77. The topological polar surface area (TPSA) is 35.2 Å². The van der Waals surface area contributed by atoms with Gasteiger partial charge in [0.2, 0.25) is 0 Å². The number of hydrogen-bond donors (Lipinski definition) is 1. The Morgan fingerprint density at radius 1 is 1.16 bits per heavy atom. The van der Waals surface area contributed by atoms with E-state index in [0.29, 0.717) is 13.2 Å². The fourth-order valence-electron chi connectivity index (χ4n) is 1.80. The van der Waals surface area contributed by atoms with E-state index in [1.54, 1.807) is 12.1 Å². The molecule has 0 heterocycles. The van der Waals surface area contributed by atoms with Crippen LogP contribution in [0.5, 0.6) is 5.75 Å². The van der Waals surface area contributed by atoms with Crippen molar-refractivity contribution in [2.75, 3.05) is 6.54 Å². The van der Waals surface area contributed by atoms with Gasteiger partial charge in [-0.05, 0) is 42.3 Å². The number of para-hydroxylation sites is 1. The van der Waals surface area contributed by atoms with E-state index < -0.39 is 5.82 Å². The summed E-state index contributed by atoms with van der Waals surface area (Å²) in [5.74, 6) is 0.377. The Bertz CT molecular complexity index is 560. The summed E-state index contributed by atoms with van der Waals surface area (Å²) in [4.78, 5) is 0. The fraction of sp³-hybridized carbons (Fsp3) is 0.200. The zero-order chi connectivity index (χ0) is 13.7. The minimum Gasteiger partial charge on any atom is -0.489 e. The maximum absolute atomic E-state index is 13.0. The van der Waals surface area contributed by atoms with E-state index >= 15 is 0 Å². The van der Waals surface area contributed by atoms with E-state index in [1.807, 2.05) is 24.3 Å². The zero-order valence-electron chi connectivity index (χ0n) is 10.4. The molecular weight excluding hydrogens is 265 g/mol. The highest BCUT2D eigenvalue weighted by molar-refractivity contribution is 6.30. The first-order chi connectivity index (χ1) is 9.20. The summed E-state index contributed by atoms with van der Waals surface area (Å²) in [6, 6.07) is 12.3. The Hall–Kier alpha value is -1.58. The van der Waals surface area contributed by atoms with Gasteiger partial charge in [0.15, 0.2) is 0 Å². The molecule has 0 bridgehead atoms. The monoisotopic (exact) mass is 279 g/mol. The summed E-state index contributed by atoms with van der Waals surface area (Å²) in [5, 5.41) is 0.108. The molecule has 0 saturated carbocycles. The molecule has 0 fully saturated rings. The highest BCUT2D eigenvalue weighted by Gasteiger charge is 2.04. The zero-order valence-corrected chi connectivity index (χ0v) is 11.2. The molecule has 100 valence electrons. The molecule has 0 aromatic heterocycles. The van der Waals surface area contributed by atoms with E-state index in [9.17, 15) is 4.39 Å². The molecular formula is C15H15ClFNO. The maximum Gasteiger partial charge on any atom is 0.141 e. The van der Waals surface area contributed by atoms with Gasteiger partial charge >= 0.3 is 0 Å². The number of halogens is 2. The van der Waals surface area contributed by atoms with Gasteiger partial charge in [0.25, 0.3) is 0 Å². The smallest absolute Gasteiger partial charge is 0.141 e. The fourth-order valence-corrected chi connectivity index (χ4v) is 2.00. The summed E-state index contributed by atoms with van der Waals surface area (Å²) in [7, 11) is 0. The third kappa shape index (κ3) is 3.69. The van der Waals surface area contributed by atoms with Crippen molar-refractivity contribution in [3.05, 3.63) is 64.4 Å². The summed E-state index contributed by atoms with van der Waals surface area (Å²) < 4.78 is 18.8. The average Bonchev–Trinajstić information content (AvgIpc) is 2.42. The quantitative estimate of drug-likeness (QED) is 0.908. The van der Waals surface area contributed by atoms with Crippen LogP contribution in [0.25, 0.3) is 0 Å². The molecule has 2 N–H and O–H groups in total. The molecule has 2 aromatic rings. The molecule has 0 aliphatic carbocycles. The van der Waals surface area contributed by atoms with Crippen LogP contribution in [0.2, 0.25) is 5.02 Å². The van der Waals surface area contributed by atoms with Crippen LogP contribution in [0.15, 0.2) is 42.5 Å². The normalized spacial score (nSPS) is 10.5. The standard InChI is InChI=1S/C15H15ClFNO/c16-13-9-11(5-6-14(13)17)10-19-15-4-2-1-3-12(15)7-8-18/h1-6,9H,7-8,10,18H2. The first-order valence-corrected chi connectivity index (χ1v) is 6.43. The largest absolute Gasteiger partial charge is 0.489 e. The van der Waals surface area contributed by atoms with Crippen LogP contribution in [0.4, 0.5) is 4.39 Å². The minimum absolute atomic E-state index is 0.108. The third-order valence-corrected chi connectivity index (χ3v) is 3.05. The van der Waals surface area contributed by atoms with Crippen molar-refractivity contribution in [1.29, 1.82) is 0 Å². The molecule has 0 radical (unpaired) electrons. The summed E-state index contributed by atoms with van der Waals surface area (Å²) in [6.07, 6.45) is 0.764. The van der Waals surface area contributed by atoms with Gasteiger partial charge in [-0.1, -0.05) is 35.9 Å². The SMILES string of the molecule is NCCc1ccccc1OCc1ccc(F)c(Cl)c1. The van der Waals surface area contributed by atoms with Crippen molar-refractivity contribution in [2.45, 2.75) is 13.0 Å². The second kappa shape index (κ2) is 6.55. The Morgan fingerprint density at radius 3 is 2.68 bits per heavy atom. The van der Waals surface area contributed by atoms with Gasteiger partial charge < -0.3 is 10.5 Å². The molecule has 0 amide bonds. The Labute approximate surface area is 117 Å². The molecule has 2 rings (SSSR count). The van der Waals surface area contributed by atoms with Gasteiger partial charge in [-0.25, -0.2) is 4.39 Å². The van der Waals surface area contributed by atoms with Crippen LogP contribution in [-0.2, 0) is 13.0 Å². The van der Waals surface area contributed by atoms with Crippen molar-refractivity contribution in [3.8, 4) is 5.75 Å². The summed E-state index contributed by atoms with van der Waals surface area (Å²) >= 11 is 5.73. The van der Waals surface area contributed by atoms with Gasteiger partial charge in [-0.2, -0.15) is 0 Å². The van der Waals surface area contributed by atoms with E-state index in [2.05, 4.69) is 0 Å². The third-order valence-electron chi connectivity index (χ3n) is 2.76. The molecule has 2 aromatic carbocycles. The lowest BCUT2D eigenvalue weighted by Crippen LogP contribution is -2.05. The number of rotatable bonds is 5. The van der Waals surface area contributed by atoms with Crippen molar-refractivity contribution in [1.82, 2.24) is 0 Å². The van der Waals surface area contributed by atoms with E-state index in [0.717, 1.165) is 23.3 Å². The first-order valence-electron chi connectivity index (χ1n) is 6.05. The lowest BCUT2D eigenvalue weighted by Gasteiger charge is -2.11. The van der Waals surface area contributed by atoms with Crippen LogP contribution in [0, 0.1) is 5.82 Å². The van der Waals surface area contributed by atoms with Crippen molar-refractivity contribution in [2.24, 2.45) is 5.73 Å². The van der Waals surface area contributed by atoms with Crippen LogP contribution in [0.3, 0.4) is 0 Å². The number of nitrogens with two attached hydrogens (primary N) is 1. The highest BCUT2D eigenvalue weighted by atomic mass is 35.5. The van der Waals surface area contributed by atoms with E-state index in [-0.39, 0.29) is 5.02 Å². The number of hydrogen-bond acceptors (Lipinski definition) is 2. The molecule has 0 atom stereocenters. The molecule has 0 aliphatic rings. The maximum atomic E-state index is 13.0. The van der Waals surface area contributed by atoms with Crippen LogP contribution in [-0.4, -0.2) is 6.54 Å². The molecule has 2 nitrogen and oxygen atoms in total. The van der Waals surface area contributed by atoms with Crippen molar-refractivity contribution < 1.29 is 9.13 Å². The number of ether oxygens (including phenoxy) is 1. The van der Waals surface area contributed by atoms with Crippen LogP contribution < -0.4 is 10.5 Å². The Morgan fingerprint density at radius 2 is 1.95 bits per heavy atom. The van der Waals surface area contributed by atoms with Crippen molar-refractivity contribution in [3.63, 3.8) is 0 Å². The second-order valence-corrected chi connectivity index (χ2v) is 4.59. The van der Waals surface area contributed by atoms with E-state index in [4.69, 9.17) is 22.1 Å². The predicted octanol–water partition coefficient (Wildman–Crippen LogP) is 3.56. The van der Waals surface area contributed by atoms with Gasteiger partial charge in [0.1, 0.15) is 18.2 Å². The van der Waals surface area contributed by atoms with Crippen molar-refractivity contribution >= 4 is 11.6 Å². The average molecular weight is 280 g/mol. The predicted molar refractivity (Wildman–Crippen MR) is 74.9 cm³/mol. The van der Waals surface area contributed by atoms with Gasteiger partial charge in [-0.3, -0.25) is 0 Å². The minimum atomic E-state index is -0.422. The summed E-state index contributed by atoms with van der Waals surface area (Å²) in [5.41, 5.74) is 7.45. The molecule has 0 unspecified atom stereocenters. The second-order valence-electron chi connectivity index (χ2n) is 4.18. The lowest BCUT2D eigenvalue weighted by molar-refractivity contribution is 0.303. The Balaban J connectivity index is 2.07. The van der Waals surface area contributed by atoms with Gasteiger partial charge in [0, 0.05) is 0 Å². The molecule has 0 spiro atoms. The molecule has 0 saturated heterocycles. The van der Waals surface area contributed by atoms with Gasteiger partial charge in [0.05, 0.1) is 5.02 Å². The number of benzene rings is 2. The molecule has 4 heteroatoms. The van der Waals surface area contributed by atoms with Gasteiger partial charge in [-0.15, -0.1) is 0 Å². The van der Waals surface area contributed by atoms with Crippen LogP contribution in [0.1, 0.15) is 11.1 Å².